The summed E-state index contributed by atoms with van der Waals surface area (Å²) in [5.74, 6) is 5.45. The second kappa shape index (κ2) is 8.40. The van der Waals surface area contributed by atoms with E-state index in [1.807, 2.05) is 0 Å². The number of hydrogen-bond donors (Lipinski definition) is 0. The normalized spacial score (nSPS) is 45.2. The molecule has 0 amide bonds. The number of carbonyl (C=O) groups is 1. The zero-order chi connectivity index (χ0) is 21.7. The summed E-state index contributed by atoms with van der Waals surface area (Å²) < 4.78 is 0. The van der Waals surface area contributed by atoms with E-state index in [1.165, 1.54) is 64.2 Å². The maximum atomic E-state index is 13.3. The first-order chi connectivity index (χ1) is 14.2. The molecule has 0 aromatic heterocycles. The summed E-state index contributed by atoms with van der Waals surface area (Å²) in [6.45, 7) is 14.7. The smallest absolute Gasteiger partial charge is 0.159 e. The Morgan fingerprint density at radius 3 is 2.40 bits per heavy atom. The van der Waals surface area contributed by atoms with Gasteiger partial charge in [0.25, 0.3) is 0 Å². The highest BCUT2D eigenvalue weighted by Gasteiger charge is 2.59. The van der Waals surface area contributed by atoms with E-state index < -0.39 is 0 Å². The Morgan fingerprint density at radius 2 is 1.67 bits per heavy atom. The van der Waals surface area contributed by atoms with E-state index in [2.05, 4.69) is 47.6 Å². The summed E-state index contributed by atoms with van der Waals surface area (Å²) in [6.07, 6.45) is 16.9. The van der Waals surface area contributed by atoms with Gasteiger partial charge in [-0.15, -0.1) is 0 Å². The Hall–Kier alpha value is -0.590. The lowest BCUT2D eigenvalue weighted by Gasteiger charge is -2.57. The molecule has 9 atom stereocenters. The first-order valence-corrected chi connectivity index (χ1v) is 13.5. The number of ketones is 1. The van der Waals surface area contributed by atoms with Crippen molar-refractivity contribution >= 4 is 5.78 Å². The van der Waals surface area contributed by atoms with Crippen molar-refractivity contribution in [3.63, 3.8) is 0 Å². The highest BCUT2D eigenvalue weighted by atomic mass is 16.1. The van der Waals surface area contributed by atoms with E-state index in [0.717, 1.165) is 30.1 Å². The van der Waals surface area contributed by atoms with Crippen molar-refractivity contribution in [2.45, 2.75) is 112 Å². The van der Waals surface area contributed by atoms with Crippen molar-refractivity contribution in [2.24, 2.45) is 52.3 Å². The SMILES string of the molecule is CCC(C)CCC[C@@H](C)C1CCC2C3=CC(=O)[C@H]4C[C@@H](C)CC[C@]4(C)C3CC[C@@]21C. The van der Waals surface area contributed by atoms with Gasteiger partial charge in [-0.05, 0) is 90.9 Å². The predicted molar refractivity (Wildman–Crippen MR) is 127 cm³/mol. The number of allylic oxidation sites excluding steroid dienone is 2. The number of carbonyl (C=O) groups excluding carboxylic acids is 1. The lowest BCUT2D eigenvalue weighted by Crippen LogP contribution is -2.51. The summed E-state index contributed by atoms with van der Waals surface area (Å²) in [6, 6.07) is 0. The van der Waals surface area contributed by atoms with E-state index in [1.54, 1.807) is 5.57 Å². The lowest BCUT2D eigenvalue weighted by molar-refractivity contribution is -0.130. The third-order valence-electron chi connectivity index (χ3n) is 11.0. The molecule has 0 aliphatic heterocycles. The molecule has 0 N–H and O–H groups in total. The molecule has 0 heterocycles. The van der Waals surface area contributed by atoms with Gasteiger partial charge in [0.05, 0.1) is 0 Å². The molecular weight excluding hydrogens is 364 g/mol. The molecule has 170 valence electrons. The molecule has 4 aliphatic rings. The summed E-state index contributed by atoms with van der Waals surface area (Å²) >= 11 is 0. The van der Waals surface area contributed by atoms with Crippen molar-refractivity contribution in [1.29, 1.82) is 0 Å². The minimum Gasteiger partial charge on any atom is -0.295 e. The topological polar surface area (TPSA) is 17.1 Å². The van der Waals surface area contributed by atoms with Crippen LogP contribution in [0, 0.1) is 52.3 Å². The maximum Gasteiger partial charge on any atom is 0.159 e. The van der Waals surface area contributed by atoms with Crippen LogP contribution < -0.4 is 0 Å². The molecule has 0 bridgehead atoms. The molecule has 4 aliphatic carbocycles. The number of fused-ring (bicyclic) bond motifs is 5. The third kappa shape index (κ3) is 3.65. The molecule has 0 aromatic rings. The maximum absolute atomic E-state index is 13.3. The van der Waals surface area contributed by atoms with Crippen molar-refractivity contribution < 1.29 is 4.79 Å². The molecule has 4 rings (SSSR count). The molecule has 30 heavy (non-hydrogen) atoms. The van der Waals surface area contributed by atoms with Gasteiger partial charge in [0.2, 0.25) is 0 Å². The summed E-state index contributed by atoms with van der Waals surface area (Å²) in [5.41, 5.74) is 2.29. The number of hydrogen-bond acceptors (Lipinski definition) is 1. The van der Waals surface area contributed by atoms with Crippen molar-refractivity contribution in [1.82, 2.24) is 0 Å². The monoisotopic (exact) mass is 412 g/mol. The minimum atomic E-state index is 0.245. The quantitative estimate of drug-likeness (QED) is 0.429. The Labute approximate surface area is 186 Å². The van der Waals surface area contributed by atoms with Crippen LogP contribution in [0.1, 0.15) is 112 Å². The standard InChI is InChI=1S/C29H48O/c1-7-19(2)9-8-10-21(4)23-11-12-24-22-18-27(30)26-17-20(3)13-15-29(26,6)25(22)14-16-28(23,24)5/h18-21,23-26H,7-17H2,1-6H3/t19?,20-,21+,23?,24?,25?,26+,28+,29+/m0/s1. The van der Waals surface area contributed by atoms with Crippen molar-refractivity contribution in [2.75, 3.05) is 0 Å². The van der Waals surface area contributed by atoms with Crippen LogP contribution in [0.15, 0.2) is 11.6 Å². The van der Waals surface area contributed by atoms with Gasteiger partial charge in [-0.1, -0.05) is 79.2 Å². The Bertz CT molecular complexity index is 676. The van der Waals surface area contributed by atoms with Crippen LogP contribution in [0.2, 0.25) is 0 Å². The molecule has 1 heteroatoms. The van der Waals surface area contributed by atoms with E-state index in [4.69, 9.17) is 0 Å². The molecule has 3 saturated carbocycles. The van der Waals surface area contributed by atoms with Crippen LogP contribution >= 0.6 is 0 Å². The highest BCUT2D eigenvalue weighted by Crippen LogP contribution is 2.66. The highest BCUT2D eigenvalue weighted by molar-refractivity contribution is 5.94. The average Bonchev–Trinajstić information content (AvgIpc) is 3.06. The van der Waals surface area contributed by atoms with Crippen LogP contribution in [-0.4, -0.2) is 5.78 Å². The van der Waals surface area contributed by atoms with Crippen molar-refractivity contribution in [3.05, 3.63) is 11.6 Å². The number of rotatable bonds is 6. The van der Waals surface area contributed by atoms with Gasteiger partial charge in [-0.2, -0.15) is 0 Å². The Morgan fingerprint density at radius 1 is 0.967 bits per heavy atom. The second-order valence-electron chi connectivity index (χ2n) is 12.7. The molecule has 0 spiro atoms. The van der Waals surface area contributed by atoms with Gasteiger partial charge in [-0.3, -0.25) is 4.79 Å². The molecule has 1 nitrogen and oxygen atoms in total. The van der Waals surface area contributed by atoms with Gasteiger partial charge in [0.1, 0.15) is 0 Å². The Kier molecular flexibility index (Phi) is 6.33. The zero-order valence-corrected chi connectivity index (χ0v) is 20.8. The largest absolute Gasteiger partial charge is 0.295 e. The molecule has 4 unspecified atom stereocenters. The molecule has 0 radical (unpaired) electrons. The van der Waals surface area contributed by atoms with Gasteiger partial charge < -0.3 is 0 Å². The molecular formula is C29H48O. The third-order valence-corrected chi connectivity index (χ3v) is 11.0. The average molecular weight is 413 g/mol. The fraction of sp³-hybridized carbons (Fsp3) is 0.897. The van der Waals surface area contributed by atoms with E-state index in [9.17, 15) is 4.79 Å². The van der Waals surface area contributed by atoms with E-state index in [-0.39, 0.29) is 5.41 Å². The van der Waals surface area contributed by atoms with Gasteiger partial charge >= 0.3 is 0 Å². The van der Waals surface area contributed by atoms with Gasteiger partial charge in [0.15, 0.2) is 5.78 Å². The fourth-order valence-electron chi connectivity index (χ4n) is 8.72. The van der Waals surface area contributed by atoms with Gasteiger partial charge in [-0.25, -0.2) is 0 Å². The van der Waals surface area contributed by atoms with Crippen LogP contribution in [0.3, 0.4) is 0 Å². The van der Waals surface area contributed by atoms with Crippen molar-refractivity contribution in [3.8, 4) is 0 Å². The summed E-state index contributed by atoms with van der Waals surface area (Å²) in [5, 5.41) is 0. The van der Waals surface area contributed by atoms with Crippen LogP contribution in [0.5, 0.6) is 0 Å². The second-order valence-corrected chi connectivity index (χ2v) is 12.7. The molecule has 0 saturated heterocycles. The first-order valence-electron chi connectivity index (χ1n) is 13.5. The van der Waals surface area contributed by atoms with Gasteiger partial charge in [0, 0.05) is 5.92 Å². The van der Waals surface area contributed by atoms with Crippen LogP contribution in [-0.2, 0) is 4.79 Å². The van der Waals surface area contributed by atoms with Crippen LogP contribution in [0.25, 0.3) is 0 Å². The molecule has 0 aromatic carbocycles. The molecule has 3 fully saturated rings. The lowest BCUT2D eigenvalue weighted by atomic mass is 9.47. The van der Waals surface area contributed by atoms with E-state index in [0.29, 0.717) is 29.0 Å². The predicted octanol–water partition coefficient (Wildman–Crippen LogP) is 8.23. The van der Waals surface area contributed by atoms with E-state index >= 15 is 0 Å². The fourth-order valence-corrected chi connectivity index (χ4v) is 8.72. The summed E-state index contributed by atoms with van der Waals surface area (Å²) in [4.78, 5) is 13.3. The summed E-state index contributed by atoms with van der Waals surface area (Å²) in [7, 11) is 0. The Balaban J connectivity index is 1.51. The minimum absolute atomic E-state index is 0.245. The first kappa shape index (κ1) is 22.6. The zero-order valence-electron chi connectivity index (χ0n) is 20.8. The van der Waals surface area contributed by atoms with Crippen LogP contribution in [0.4, 0.5) is 0 Å².